The van der Waals surface area contributed by atoms with Crippen LogP contribution in [0.2, 0.25) is 0 Å². The highest BCUT2D eigenvalue weighted by atomic mass is 16.5. The lowest BCUT2D eigenvalue weighted by Gasteiger charge is -2.42. The summed E-state index contributed by atoms with van der Waals surface area (Å²) < 4.78 is 10.6. The number of hydrogen-bond acceptors (Lipinski definition) is 5. The predicted molar refractivity (Wildman–Crippen MR) is 131 cm³/mol. The Hall–Kier alpha value is -3.16. The summed E-state index contributed by atoms with van der Waals surface area (Å²) in [4.78, 5) is 32.3. The van der Waals surface area contributed by atoms with Crippen LogP contribution in [-0.4, -0.2) is 79.2 Å². The zero-order valence-corrected chi connectivity index (χ0v) is 20.0. The lowest BCUT2D eigenvalue weighted by molar-refractivity contribution is -0.136. The van der Waals surface area contributed by atoms with Crippen LogP contribution in [0.1, 0.15) is 24.0 Å². The molecule has 0 radical (unpaired) electrons. The maximum atomic E-state index is 13.5. The van der Waals surface area contributed by atoms with Gasteiger partial charge in [0, 0.05) is 38.9 Å². The molecule has 0 saturated carbocycles. The van der Waals surface area contributed by atoms with Crippen LogP contribution in [0.25, 0.3) is 6.08 Å². The molecule has 2 fully saturated rings. The third-order valence-electron chi connectivity index (χ3n) is 6.81. The highest BCUT2D eigenvalue weighted by molar-refractivity contribution is 6.07. The number of para-hydroxylation sites is 1. The number of amides is 3. The van der Waals surface area contributed by atoms with Crippen molar-refractivity contribution in [1.82, 2.24) is 14.7 Å². The molecule has 2 aliphatic heterocycles. The number of carbonyl (C=O) groups excluding carboxylic acids is 2. The van der Waals surface area contributed by atoms with Crippen molar-refractivity contribution in [2.45, 2.75) is 24.9 Å². The molecule has 1 spiro atoms. The van der Waals surface area contributed by atoms with E-state index in [1.807, 2.05) is 54.6 Å². The van der Waals surface area contributed by atoms with Crippen molar-refractivity contribution in [3.05, 3.63) is 71.8 Å². The van der Waals surface area contributed by atoms with Crippen LogP contribution in [0.3, 0.4) is 0 Å². The summed E-state index contributed by atoms with van der Waals surface area (Å²) >= 11 is 0. The number of urea groups is 1. The Labute approximate surface area is 201 Å². The Bertz CT molecular complexity index is 1020. The van der Waals surface area contributed by atoms with E-state index in [2.05, 4.69) is 17.1 Å². The van der Waals surface area contributed by atoms with Crippen molar-refractivity contribution in [3.63, 3.8) is 0 Å². The first kappa shape index (κ1) is 24.0. The van der Waals surface area contributed by atoms with Gasteiger partial charge in [-0.25, -0.2) is 4.79 Å². The maximum absolute atomic E-state index is 13.5. The van der Waals surface area contributed by atoms with Crippen LogP contribution < -0.4 is 4.74 Å². The number of nitrogens with zero attached hydrogens (tertiary/aromatic N) is 3. The number of rotatable bonds is 9. The van der Waals surface area contributed by atoms with Crippen molar-refractivity contribution in [1.29, 1.82) is 0 Å². The van der Waals surface area contributed by atoms with Crippen molar-refractivity contribution in [3.8, 4) is 5.75 Å². The van der Waals surface area contributed by atoms with E-state index in [1.54, 1.807) is 19.1 Å². The van der Waals surface area contributed by atoms with Crippen molar-refractivity contribution < 1.29 is 19.1 Å². The number of likely N-dealkylation sites (tertiary alicyclic amines) is 1. The summed E-state index contributed by atoms with van der Waals surface area (Å²) in [5, 5.41) is 0. The number of imide groups is 1. The summed E-state index contributed by atoms with van der Waals surface area (Å²) in [5.41, 5.74) is 1.28. The molecule has 0 unspecified atom stereocenters. The fraction of sp³-hybridized carbons (Fsp3) is 0.407. The number of carbonyl (C=O) groups is 2. The quantitative estimate of drug-likeness (QED) is 0.531. The first-order valence-electron chi connectivity index (χ1n) is 11.8. The van der Waals surface area contributed by atoms with Crippen LogP contribution in [-0.2, 0) is 16.1 Å². The molecular weight excluding hydrogens is 430 g/mol. The SMILES string of the molecule is COCCN1C(=O)N(Cc2ccccc2)C2(CCN(C/C=C/c3ccccc3OC)CC2)C1=O. The van der Waals surface area contributed by atoms with Crippen LogP contribution in [0.15, 0.2) is 60.7 Å². The van der Waals surface area contributed by atoms with Gasteiger partial charge in [-0.1, -0.05) is 60.7 Å². The van der Waals surface area contributed by atoms with Crippen molar-refractivity contribution in [2.75, 3.05) is 47.0 Å². The molecule has 2 heterocycles. The van der Waals surface area contributed by atoms with Crippen LogP contribution >= 0.6 is 0 Å². The van der Waals surface area contributed by atoms with Crippen molar-refractivity contribution >= 4 is 18.0 Å². The molecule has 34 heavy (non-hydrogen) atoms. The molecule has 2 aromatic carbocycles. The molecule has 2 aliphatic rings. The van der Waals surface area contributed by atoms with Gasteiger partial charge in [-0.2, -0.15) is 0 Å². The molecule has 4 rings (SSSR count). The first-order chi connectivity index (χ1) is 16.6. The van der Waals surface area contributed by atoms with E-state index in [1.165, 1.54) is 4.90 Å². The second-order valence-corrected chi connectivity index (χ2v) is 8.78. The Morgan fingerprint density at radius 1 is 0.971 bits per heavy atom. The zero-order valence-electron chi connectivity index (χ0n) is 20.0. The molecule has 2 saturated heterocycles. The molecule has 3 amide bonds. The smallest absolute Gasteiger partial charge is 0.328 e. The molecule has 180 valence electrons. The minimum atomic E-state index is -0.788. The van der Waals surface area contributed by atoms with Gasteiger partial charge in [-0.05, 0) is 24.5 Å². The van der Waals surface area contributed by atoms with E-state index < -0.39 is 5.54 Å². The number of hydrogen-bond donors (Lipinski definition) is 0. The van der Waals surface area contributed by atoms with Crippen LogP contribution in [0, 0.1) is 0 Å². The Morgan fingerprint density at radius 2 is 1.68 bits per heavy atom. The standard InChI is InChI=1S/C27H33N3O4/c1-33-20-19-29-25(31)27(30(26(29)32)21-22-9-4-3-5-10-22)14-17-28(18-15-27)16-8-12-23-11-6-7-13-24(23)34-2/h3-13H,14-21H2,1-2H3/b12-8+. The van der Waals surface area contributed by atoms with E-state index in [4.69, 9.17) is 9.47 Å². The Balaban J connectivity index is 1.46. The van der Waals surface area contributed by atoms with E-state index in [0.717, 1.165) is 36.5 Å². The fourth-order valence-electron chi connectivity index (χ4n) is 4.87. The van der Waals surface area contributed by atoms with E-state index >= 15 is 0 Å². The number of methoxy groups -OCH3 is 2. The van der Waals surface area contributed by atoms with Gasteiger partial charge in [-0.15, -0.1) is 0 Å². The van der Waals surface area contributed by atoms with E-state index in [0.29, 0.717) is 26.0 Å². The van der Waals surface area contributed by atoms with Crippen molar-refractivity contribution in [2.24, 2.45) is 0 Å². The summed E-state index contributed by atoms with van der Waals surface area (Å²) in [7, 11) is 3.26. The molecule has 7 nitrogen and oxygen atoms in total. The fourth-order valence-corrected chi connectivity index (χ4v) is 4.87. The minimum Gasteiger partial charge on any atom is -0.496 e. The maximum Gasteiger partial charge on any atom is 0.328 e. The monoisotopic (exact) mass is 463 g/mol. The molecule has 0 N–H and O–H groups in total. The van der Waals surface area contributed by atoms with Gasteiger partial charge < -0.3 is 14.4 Å². The highest BCUT2D eigenvalue weighted by Gasteiger charge is 2.57. The Kier molecular flexibility index (Phi) is 7.65. The van der Waals surface area contributed by atoms with Gasteiger partial charge in [-0.3, -0.25) is 14.6 Å². The normalized spacial score (nSPS) is 18.4. The summed E-state index contributed by atoms with van der Waals surface area (Å²) in [6, 6.07) is 17.6. The lowest BCUT2D eigenvalue weighted by Crippen LogP contribution is -2.56. The topological polar surface area (TPSA) is 62.3 Å². The van der Waals surface area contributed by atoms with Gasteiger partial charge in [0.25, 0.3) is 5.91 Å². The highest BCUT2D eigenvalue weighted by Crippen LogP contribution is 2.38. The predicted octanol–water partition coefficient (Wildman–Crippen LogP) is 3.65. The average Bonchev–Trinajstić information content (AvgIpc) is 3.06. The van der Waals surface area contributed by atoms with Gasteiger partial charge in [0.1, 0.15) is 11.3 Å². The van der Waals surface area contributed by atoms with Gasteiger partial charge in [0.15, 0.2) is 0 Å². The number of ether oxygens (including phenoxy) is 2. The summed E-state index contributed by atoms with van der Waals surface area (Å²) in [6.07, 6.45) is 5.44. The summed E-state index contributed by atoms with van der Waals surface area (Å²) in [6.45, 7) is 3.33. The molecule has 7 heteroatoms. The zero-order chi connectivity index (χ0) is 24.0. The van der Waals surface area contributed by atoms with E-state index in [-0.39, 0.29) is 18.5 Å². The second-order valence-electron chi connectivity index (χ2n) is 8.78. The first-order valence-corrected chi connectivity index (χ1v) is 11.8. The lowest BCUT2D eigenvalue weighted by atomic mass is 9.85. The minimum absolute atomic E-state index is 0.0882. The van der Waals surface area contributed by atoms with Gasteiger partial charge in [0.2, 0.25) is 0 Å². The molecule has 0 bridgehead atoms. The molecule has 0 aromatic heterocycles. The van der Waals surface area contributed by atoms with Crippen LogP contribution in [0.5, 0.6) is 5.75 Å². The van der Waals surface area contributed by atoms with Gasteiger partial charge >= 0.3 is 6.03 Å². The average molecular weight is 464 g/mol. The van der Waals surface area contributed by atoms with E-state index in [9.17, 15) is 9.59 Å². The summed E-state index contributed by atoms with van der Waals surface area (Å²) in [5.74, 6) is 0.758. The Morgan fingerprint density at radius 3 is 2.38 bits per heavy atom. The van der Waals surface area contributed by atoms with Gasteiger partial charge in [0.05, 0.1) is 20.3 Å². The third-order valence-corrected chi connectivity index (χ3v) is 6.81. The molecule has 0 aliphatic carbocycles. The largest absolute Gasteiger partial charge is 0.496 e. The number of piperidine rings is 1. The number of benzene rings is 2. The molecule has 0 atom stereocenters. The third kappa shape index (κ3) is 4.86. The second kappa shape index (κ2) is 10.8. The molecule has 2 aromatic rings. The molecular formula is C27H33N3O4. The van der Waals surface area contributed by atoms with Crippen LogP contribution in [0.4, 0.5) is 4.79 Å².